The lowest BCUT2D eigenvalue weighted by Crippen LogP contribution is -2.50. The van der Waals surface area contributed by atoms with Gasteiger partial charge in [-0.05, 0) is 68.1 Å². The van der Waals surface area contributed by atoms with E-state index in [9.17, 15) is 9.59 Å². The number of fused-ring (bicyclic) bond motifs is 5. The molecule has 0 amide bonds. The zero-order chi connectivity index (χ0) is 20.1. The minimum Gasteiger partial charge on any atom is -0.462 e. The SMILES string of the molecule is CC(=O)O/N=C1\CC[C@H]2[C@@H]3CC=C4C[C@@H](OC(C)=O)CC[C@]4(C)[C@H]3CC[C@]12C. The van der Waals surface area contributed by atoms with Crippen molar-refractivity contribution in [3.63, 3.8) is 0 Å². The average molecular weight is 388 g/mol. The maximum Gasteiger partial charge on any atom is 0.331 e. The number of rotatable bonds is 2. The van der Waals surface area contributed by atoms with E-state index >= 15 is 0 Å². The minimum absolute atomic E-state index is 0.0520. The molecule has 0 aliphatic heterocycles. The molecule has 3 fully saturated rings. The number of ether oxygens (including phenoxy) is 1. The predicted molar refractivity (Wildman–Crippen MR) is 106 cm³/mol. The van der Waals surface area contributed by atoms with Gasteiger partial charge in [0.1, 0.15) is 6.10 Å². The molecule has 0 spiro atoms. The van der Waals surface area contributed by atoms with Crippen molar-refractivity contribution in [3.8, 4) is 0 Å². The van der Waals surface area contributed by atoms with Crippen molar-refractivity contribution >= 4 is 17.7 Å². The first-order chi connectivity index (χ1) is 13.2. The fraction of sp³-hybridized carbons (Fsp3) is 0.783. The molecule has 0 heterocycles. The largest absolute Gasteiger partial charge is 0.462 e. The number of carbonyl (C=O) groups is 2. The Bertz CT molecular complexity index is 741. The van der Waals surface area contributed by atoms with Gasteiger partial charge in [-0.1, -0.05) is 30.7 Å². The Labute approximate surface area is 167 Å². The maximum atomic E-state index is 11.4. The third kappa shape index (κ3) is 3.11. The van der Waals surface area contributed by atoms with Crippen LogP contribution in [0.4, 0.5) is 0 Å². The highest BCUT2D eigenvalue weighted by molar-refractivity contribution is 5.92. The highest BCUT2D eigenvalue weighted by Gasteiger charge is 2.58. The standard InChI is InChI=1S/C23H33NO4/c1-14(25)27-17-9-11-22(3)16(13-17)5-6-18-19-7-8-21(24-28-15(2)26)23(19,4)12-10-20(18)22/h5,17-20H,6-13H2,1-4H3/b24-21+/t17-,18-,19-,20-,22-,23-/m0/s1. The average Bonchev–Trinajstić information content (AvgIpc) is 2.96. The van der Waals surface area contributed by atoms with Crippen molar-refractivity contribution in [1.29, 1.82) is 0 Å². The van der Waals surface area contributed by atoms with Crippen LogP contribution < -0.4 is 0 Å². The number of oxime groups is 1. The Morgan fingerprint density at radius 2 is 1.75 bits per heavy atom. The number of hydrogen-bond donors (Lipinski definition) is 0. The molecule has 4 aliphatic rings. The molecule has 6 atom stereocenters. The number of esters is 1. The van der Waals surface area contributed by atoms with Gasteiger partial charge in [-0.25, -0.2) is 4.79 Å². The molecule has 0 bridgehead atoms. The summed E-state index contributed by atoms with van der Waals surface area (Å²) in [5.74, 6) is 1.47. The molecule has 0 N–H and O–H groups in total. The summed E-state index contributed by atoms with van der Waals surface area (Å²) in [4.78, 5) is 27.6. The lowest BCUT2D eigenvalue weighted by Gasteiger charge is -2.57. The number of hydrogen-bond acceptors (Lipinski definition) is 5. The Morgan fingerprint density at radius 3 is 2.46 bits per heavy atom. The van der Waals surface area contributed by atoms with Crippen LogP contribution in [0, 0.1) is 28.6 Å². The highest BCUT2D eigenvalue weighted by atomic mass is 16.7. The summed E-state index contributed by atoms with van der Waals surface area (Å²) in [6.07, 6.45) is 11.0. The topological polar surface area (TPSA) is 65.0 Å². The molecule has 4 rings (SSSR count). The number of carbonyl (C=O) groups excluding carboxylic acids is 2. The molecular formula is C23H33NO4. The highest BCUT2D eigenvalue weighted by Crippen LogP contribution is 2.64. The Balaban J connectivity index is 1.56. The minimum atomic E-state index is -0.337. The molecule has 4 aliphatic carbocycles. The molecule has 0 unspecified atom stereocenters. The summed E-state index contributed by atoms with van der Waals surface area (Å²) >= 11 is 0. The lowest BCUT2D eigenvalue weighted by molar-refractivity contribution is -0.148. The van der Waals surface area contributed by atoms with E-state index in [4.69, 9.17) is 9.57 Å². The van der Waals surface area contributed by atoms with Crippen LogP contribution in [-0.2, 0) is 19.2 Å². The van der Waals surface area contributed by atoms with E-state index in [1.54, 1.807) is 0 Å². The molecule has 3 saturated carbocycles. The maximum absolute atomic E-state index is 11.4. The van der Waals surface area contributed by atoms with E-state index in [0.717, 1.165) is 50.7 Å². The lowest BCUT2D eigenvalue weighted by atomic mass is 9.48. The van der Waals surface area contributed by atoms with Crippen molar-refractivity contribution in [1.82, 2.24) is 0 Å². The third-order valence-corrected chi connectivity index (χ3v) is 8.42. The van der Waals surface area contributed by atoms with Gasteiger partial charge in [0.2, 0.25) is 0 Å². The zero-order valence-electron chi connectivity index (χ0n) is 17.6. The fourth-order valence-electron chi connectivity index (χ4n) is 7.02. The molecule has 0 radical (unpaired) electrons. The van der Waals surface area contributed by atoms with Crippen molar-refractivity contribution in [2.45, 2.75) is 85.2 Å². The van der Waals surface area contributed by atoms with Crippen LogP contribution in [0.1, 0.15) is 79.1 Å². The van der Waals surface area contributed by atoms with Crippen molar-refractivity contribution < 1.29 is 19.2 Å². The first-order valence-corrected chi connectivity index (χ1v) is 10.9. The summed E-state index contributed by atoms with van der Waals surface area (Å²) in [6.45, 7) is 7.71. The van der Waals surface area contributed by atoms with Gasteiger partial charge >= 0.3 is 11.9 Å². The zero-order valence-corrected chi connectivity index (χ0v) is 17.6. The normalized spacial score (nSPS) is 43.4. The van der Waals surface area contributed by atoms with Crippen LogP contribution in [0.15, 0.2) is 16.8 Å². The first kappa shape index (κ1) is 19.7. The Morgan fingerprint density at radius 1 is 1.04 bits per heavy atom. The van der Waals surface area contributed by atoms with Gasteiger partial charge in [-0.3, -0.25) is 4.79 Å². The molecule has 0 aromatic heterocycles. The van der Waals surface area contributed by atoms with Crippen LogP contribution in [0.2, 0.25) is 0 Å². The third-order valence-electron chi connectivity index (χ3n) is 8.42. The second-order valence-corrected chi connectivity index (χ2v) is 9.85. The van der Waals surface area contributed by atoms with Gasteiger partial charge in [0, 0.05) is 25.7 Å². The van der Waals surface area contributed by atoms with Crippen molar-refractivity contribution in [2.24, 2.45) is 33.7 Å². The molecule has 154 valence electrons. The summed E-state index contributed by atoms with van der Waals surface area (Å²) in [6, 6.07) is 0. The second kappa shape index (κ2) is 7.00. The quantitative estimate of drug-likeness (QED) is 0.295. The second-order valence-electron chi connectivity index (χ2n) is 9.85. The number of allylic oxidation sites excluding steroid dienone is 1. The van der Waals surface area contributed by atoms with Gasteiger partial charge in [0.05, 0.1) is 5.71 Å². The molecule has 0 saturated heterocycles. The van der Waals surface area contributed by atoms with E-state index in [0.29, 0.717) is 17.8 Å². The molecule has 28 heavy (non-hydrogen) atoms. The van der Waals surface area contributed by atoms with Crippen LogP contribution in [0.5, 0.6) is 0 Å². The molecule has 5 heteroatoms. The van der Waals surface area contributed by atoms with Crippen molar-refractivity contribution in [2.75, 3.05) is 0 Å². The molecule has 5 nitrogen and oxygen atoms in total. The summed E-state index contributed by atoms with van der Waals surface area (Å²) in [7, 11) is 0. The number of nitrogens with zero attached hydrogens (tertiary/aromatic N) is 1. The van der Waals surface area contributed by atoms with Gasteiger partial charge in [0.15, 0.2) is 0 Å². The smallest absolute Gasteiger partial charge is 0.331 e. The van der Waals surface area contributed by atoms with Crippen LogP contribution in [-0.4, -0.2) is 23.8 Å². The van der Waals surface area contributed by atoms with Crippen molar-refractivity contribution in [3.05, 3.63) is 11.6 Å². The van der Waals surface area contributed by atoms with Crippen LogP contribution in [0.3, 0.4) is 0 Å². The molecule has 0 aromatic carbocycles. The summed E-state index contributed by atoms with van der Waals surface area (Å²) in [5.41, 5.74) is 2.90. The van der Waals surface area contributed by atoms with Gasteiger partial charge in [0.25, 0.3) is 0 Å². The first-order valence-electron chi connectivity index (χ1n) is 10.9. The predicted octanol–water partition coefficient (Wildman–Crippen LogP) is 4.80. The van der Waals surface area contributed by atoms with E-state index < -0.39 is 0 Å². The van der Waals surface area contributed by atoms with E-state index in [2.05, 4.69) is 25.1 Å². The molecular weight excluding hydrogens is 354 g/mol. The van der Waals surface area contributed by atoms with Gasteiger partial charge in [-0.2, -0.15) is 0 Å². The van der Waals surface area contributed by atoms with E-state index in [1.807, 2.05) is 0 Å². The monoisotopic (exact) mass is 387 g/mol. The summed E-state index contributed by atoms with van der Waals surface area (Å²) < 4.78 is 5.53. The fourth-order valence-corrected chi connectivity index (χ4v) is 7.02. The van der Waals surface area contributed by atoms with E-state index in [1.165, 1.54) is 25.8 Å². The molecule has 0 aromatic rings. The van der Waals surface area contributed by atoms with Crippen LogP contribution >= 0.6 is 0 Å². The van der Waals surface area contributed by atoms with Gasteiger partial charge < -0.3 is 9.57 Å². The van der Waals surface area contributed by atoms with E-state index in [-0.39, 0.29) is 28.9 Å². The van der Waals surface area contributed by atoms with Crippen LogP contribution in [0.25, 0.3) is 0 Å². The summed E-state index contributed by atoms with van der Waals surface area (Å²) in [5, 5.41) is 4.26. The Hall–Kier alpha value is -1.65. The Kier molecular flexibility index (Phi) is 4.91. The van der Waals surface area contributed by atoms with Gasteiger partial charge in [-0.15, -0.1) is 0 Å².